The van der Waals surface area contributed by atoms with Crippen LogP contribution in [0.25, 0.3) is 0 Å². The molecule has 1 aromatic carbocycles. The number of thiazole rings is 1. The topological polar surface area (TPSA) is 69.6 Å². The second-order valence-corrected chi connectivity index (χ2v) is 8.31. The summed E-state index contributed by atoms with van der Waals surface area (Å²) in [5, 5.41) is 9.98. The van der Waals surface area contributed by atoms with Crippen LogP contribution in [0.3, 0.4) is 0 Å². The van der Waals surface area contributed by atoms with Crippen LogP contribution < -0.4 is 10.6 Å². The Morgan fingerprint density at radius 3 is 2.69 bits per heavy atom. The molecule has 2 N–H and O–H groups in total. The van der Waals surface area contributed by atoms with Gasteiger partial charge in [0.2, 0.25) is 0 Å². The van der Waals surface area contributed by atoms with Gasteiger partial charge >= 0.3 is 0 Å². The van der Waals surface area contributed by atoms with Crippen LogP contribution in [0.4, 0.5) is 0 Å². The quantitative estimate of drug-likeness (QED) is 0.487. The van der Waals surface area contributed by atoms with Crippen LogP contribution in [0.5, 0.6) is 0 Å². The molecule has 1 heterocycles. The Labute approximate surface area is 178 Å². The van der Waals surface area contributed by atoms with Crippen molar-refractivity contribution in [3.05, 3.63) is 51.5 Å². The van der Waals surface area contributed by atoms with Crippen molar-refractivity contribution in [3.63, 3.8) is 0 Å². The highest BCUT2D eigenvalue weighted by Crippen LogP contribution is 2.19. The van der Waals surface area contributed by atoms with Crippen LogP contribution in [-0.4, -0.2) is 55.5 Å². The van der Waals surface area contributed by atoms with Gasteiger partial charge in [0.05, 0.1) is 10.7 Å². The van der Waals surface area contributed by atoms with Gasteiger partial charge in [-0.2, -0.15) is 0 Å². The number of hydrogen-bond acceptors (Lipinski definition) is 4. The second-order valence-electron chi connectivity index (χ2n) is 7.42. The van der Waals surface area contributed by atoms with Crippen molar-refractivity contribution in [2.75, 3.05) is 33.7 Å². The molecule has 7 heteroatoms. The zero-order valence-corrected chi connectivity index (χ0v) is 19.0. The van der Waals surface area contributed by atoms with Gasteiger partial charge in [-0.05, 0) is 31.0 Å². The highest BCUT2D eigenvalue weighted by atomic mass is 32.1. The van der Waals surface area contributed by atoms with E-state index >= 15 is 0 Å². The van der Waals surface area contributed by atoms with Crippen molar-refractivity contribution in [2.24, 2.45) is 4.99 Å². The fourth-order valence-electron chi connectivity index (χ4n) is 2.77. The molecule has 6 nitrogen and oxygen atoms in total. The van der Waals surface area contributed by atoms with Crippen molar-refractivity contribution in [1.82, 2.24) is 20.5 Å². The lowest BCUT2D eigenvalue weighted by Crippen LogP contribution is -2.38. The van der Waals surface area contributed by atoms with E-state index < -0.39 is 0 Å². The molecule has 29 heavy (non-hydrogen) atoms. The first-order chi connectivity index (χ1) is 13.9. The van der Waals surface area contributed by atoms with Crippen molar-refractivity contribution < 1.29 is 4.79 Å². The minimum Gasteiger partial charge on any atom is -0.357 e. The summed E-state index contributed by atoms with van der Waals surface area (Å²) in [5.41, 5.74) is 2.96. The van der Waals surface area contributed by atoms with Crippen molar-refractivity contribution in [2.45, 2.75) is 39.5 Å². The fourth-order valence-corrected chi connectivity index (χ4v) is 3.64. The highest BCUT2D eigenvalue weighted by Gasteiger charge is 2.08. The number of aromatic nitrogens is 1. The first kappa shape index (κ1) is 22.9. The van der Waals surface area contributed by atoms with Crippen molar-refractivity contribution in [3.8, 4) is 0 Å². The number of carbonyl (C=O) groups is 1. The highest BCUT2D eigenvalue weighted by molar-refractivity contribution is 7.09. The molecule has 0 atom stereocenters. The summed E-state index contributed by atoms with van der Waals surface area (Å²) < 4.78 is 0. The molecule has 1 aromatic heterocycles. The third-order valence-corrected chi connectivity index (χ3v) is 5.53. The van der Waals surface area contributed by atoms with Crippen LogP contribution in [0.2, 0.25) is 0 Å². The van der Waals surface area contributed by atoms with Gasteiger partial charge in [-0.25, -0.2) is 4.98 Å². The van der Waals surface area contributed by atoms with E-state index in [4.69, 9.17) is 0 Å². The average Bonchev–Trinajstić information content (AvgIpc) is 3.17. The maximum atomic E-state index is 12.1. The molecule has 0 aliphatic heterocycles. The van der Waals surface area contributed by atoms with E-state index in [9.17, 15) is 4.79 Å². The standard InChI is InChI=1S/C22H33N5OS/c1-6-23-22(25-13-11-19-15-29-20(26-19)16(2)3)24-12-10-17-8-7-9-18(14-17)21(28)27(4)5/h7-9,14-16H,6,10-13H2,1-5H3,(H2,23,24,25). The molecule has 0 spiro atoms. The molecule has 0 saturated heterocycles. The Bertz CT molecular complexity index is 813. The van der Waals surface area contributed by atoms with Gasteiger partial charge in [0.15, 0.2) is 5.96 Å². The molecule has 158 valence electrons. The maximum Gasteiger partial charge on any atom is 0.253 e. The third kappa shape index (κ3) is 7.49. The SMILES string of the molecule is CCNC(=NCCc1csc(C(C)C)n1)NCCc1cccc(C(=O)N(C)C)c1. The molecule has 0 aliphatic rings. The van der Waals surface area contributed by atoms with E-state index in [0.29, 0.717) is 12.5 Å². The lowest BCUT2D eigenvalue weighted by Gasteiger charge is -2.13. The summed E-state index contributed by atoms with van der Waals surface area (Å²) in [4.78, 5) is 23.0. The van der Waals surface area contributed by atoms with E-state index in [2.05, 4.69) is 46.8 Å². The Kier molecular flexibility index (Phi) is 9.12. The van der Waals surface area contributed by atoms with Crippen LogP contribution >= 0.6 is 11.3 Å². The van der Waals surface area contributed by atoms with Crippen molar-refractivity contribution >= 4 is 23.2 Å². The number of amides is 1. The summed E-state index contributed by atoms with van der Waals surface area (Å²) in [6, 6.07) is 7.80. The number of nitrogens with one attached hydrogen (secondary N) is 2. The Balaban J connectivity index is 1.86. The molecule has 1 amide bonds. The summed E-state index contributed by atoms with van der Waals surface area (Å²) in [6.45, 7) is 8.65. The monoisotopic (exact) mass is 415 g/mol. The van der Waals surface area contributed by atoms with Crippen molar-refractivity contribution in [1.29, 1.82) is 0 Å². The number of nitrogens with zero attached hydrogens (tertiary/aromatic N) is 3. The van der Waals surface area contributed by atoms with E-state index in [-0.39, 0.29) is 5.91 Å². The molecule has 0 fully saturated rings. The molecule has 0 radical (unpaired) electrons. The zero-order valence-electron chi connectivity index (χ0n) is 18.2. The normalized spacial score (nSPS) is 11.6. The van der Waals surface area contributed by atoms with E-state index in [1.807, 2.05) is 24.3 Å². The van der Waals surface area contributed by atoms with E-state index in [1.165, 1.54) is 5.01 Å². The van der Waals surface area contributed by atoms with Gasteiger partial charge in [-0.15, -0.1) is 11.3 Å². The number of benzene rings is 1. The molecule has 0 bridgehead atoms. The van der Waals surface area contributed by atoms with Gasteiger partial charge < -0.3 is 15.5 Å². The van der Waals surface area contributed by atoms with Crippen LogP contribution in [0.1, 0.15) is 53.3 Å². The van der Waals surface area contributed by atoms with E-state index in [0.717, 1.165) is 48.7 Å². The molecule has 2 aromatic rings. The molecule has 0 saturated carbocycles. The lowest BCUT2D eigenvalue weighted by atomic mass is 10.1. The van der Waals surface area contributed by atoms with Gasteiger partial charge in [-0.1, -0.05) is 26.0 Å². The lowest BCUT2D eigenvalue weighted by molar-refractivity contribution is 0.0827. The summed E-state index contributed by atoms with van der Waals surface area (Å²) in [7, 11) is 3.54. The number of hydrogen-bond donors (Lipinski definition) is 2. The first-order valence-corrected chi connectivity index (χ1v) is 11.1. The largest absolute Gasteiger partial charge is 0.357 e. The molecular weight excluding hydrogens is 382 g/mol. The van der Waals surface area contributed by atoms with Gasteiger partial charge in [0.1, 0.15) is 0 Å². The smallest absolute Gasteiger partial charge is 0.253 e. The maximum absolute atomic E-state index is 12.1. The molecular formula is C22H33N5OS. The molecule has 0 aliphatic carbocycles. The zero-order chi connectivity index (χ0) is 21.2. The Morgan fingerprint density at radius 2 is 2.03 bits per heavy atom. The predicted octanol–water partition coefficient (Wildman–Crippen LogP) is 3.31. The second kappa shape index (κ2) is 11.6. The average molecular weight is 416 g/mol. The van der Waals surface area contributed by atoms with Crippen LogP contribution in [0, 0.1) is 0 Å². The summed E-state index contributed by atoms with van der Waals surface area (Å²) in [5.74, 6) is 1.31. The minimum absolute atomic E-state index is 0.0253. The Hall–Kier alpha value is -2.41. The summed E-state index contributed by atoms with van der Waals surface area (Å²) >= 11 is 1.73. The number of guanidine groups is 1. The fraction of sp³-hybridized carbons (Fsp3) is 0.500. The van der Waals surface area contributed by atoms with Crippen LogP contribution in [0.15, 0.2) is 34.6 Å². The number of aliphatic imine (C=N–C) groups is 1. The molecule has 0 unspecified atom stereocenters. The minimum atomic E-state index is 0.0253. The molecule has 2 rings (SSSR count). The Morgan fingerprint density at radius 1 is 1.24 bits per heavy atom. The van der Waals surface area contributed by atoms with Gasteiger partial charge in [-0.3, -0.25) is 9.79 Å². The van der Waals surface area contributed by atoms with E-state index in [1.54, 1.807) is 30.3 Å². The van der Waals surface area contributed by atoms with Crippen LogP contribution in [-0.2, 0) is 12.8 Å². The number of carbonyl (C=O) groups excluding carboxylic acids is 1. The van der Waals surface area contributed by atoms with Gasteiger partial charge in [0.25, 0.3) is 5.91 Å². The van der Waals surface area contributed by atoms with Gasteiger partial charge in [0, 0.05) is 57.0 Å². The predicted molar refractivity (Wildman–Crippen MR) is 122 cm³/mol. The number of rotatable bonds is 9. The first-order valence-electron chi connectivity index (χ1n) is 10.2. The third-order valence-electron chi connectivity index (χ3n) is 4.33. The summed E-state index contributed by atoms with van der Waals surface area (Å²) in [6.07, 6.45) is 1.66.